The van der Waals surface area contributed by atoms with Crippen LogP contribution in [0.3, 0.4) is 0 Å². The standard InChI is InChI=1S/C74H46N2/c1-3-21-47(22-4-1)73(48-23-5-2-6-24-48)63-34-15-12-31-60(63)71-65(73)36-20-40-70(71)75(49-41-43-55-53-27-8-7-25-51(53)52-26-9-10-28-54(52)61(55)45-49)50-42-44-57-56-29-11-14-33-62(56)74(67(57)46-50)64-35-16-18-39-69(64)76-68-38-17-13-30-58(68)59-32-19-37-66(74)72(59)76/h1-46H. The van der Waals surface area contributed by atoms with E-state index in [1.807, 2.05) is 0 Å². The van der Waals surface area contributed by atoms with E-state index < -0.39 is 10.8 Å². The molecule has 1 unspecified atom stereocenters. The number of hydrogen-bond donors (Lipinski definition) is 0. The highest BCUT2D eigenvalue weighted by atomic mass is 15.1. The Hall–Kier alpha value is -9.76. The Morgan fingerprint density at radius 2 is 0.763 bits per heavy atom. The van der Waals surface area contributed by atoms with Crippen LogP contribution in [-0.4, -0.2) is 4.57 Å². The molecule has 0 N–H and O–H groups in total. The summed E-state index contributed by atoms with van der Waals surface area (Å²) < 4.78 is 2.54. The first-order valence-corrected chi connectivity index (χ1v) is 26.6. The summed E-state index contributed by atoms with van der Waals surface area (Å²) in [5.41, 5.74) is 21.2. The number of aromatic nitrogens is 1. The van der Waals surface area contributed by atoms with Gasteiger partial charge in [-0.05, 0) is 136 Å². The Morgan fingerprint density at radius 3 is 1.49 bits per heavy atom. The van der Waals surface area contributed by atoms with E-state index in [0.717, 1.165) is 17.1 Å². The molecular formula is C74H46N2. The fraction of sp³-hybridized carbons (Fsp3) is 0.0270. The predicted octanol–water partition coefficient (Wildman–Crippen LogP) is 18.8. The predicted molar refractivity (Wildman–Crippen MR) is 316 cm³/mol. The zero-order chi connectivity index (χ0) is 49.7. The summed E-state index contributed by atoms with van der Waals surface area (Å²) in [5.74, 6) is 0. The average Bonchev–Trinajstić information content (AvgIpc) is 4.10. The van der Waals surface area contributed by atoms with Gasteiger partial charge in [-0.1, -0.05) is 237 Å². The Balaban J connectivity index is 1.00. The molecule has 0 saturated carbocycles. The minimum absolute atomic E-state index is 0.568. The molecule has 1 aromatic heterocycles. The molecule has 3 aliphatic rings. The van der Waals surface area contributed by atoms with E-state index >= 15 is 0 Å². The van der Waals surface area contributed by atoms with Gasteiger partial charge in [0.15, 0.2) is 0 Å². The Morgan fingerprint density at radius 1 is 0.276 bits per heavy atom. The fourth-order valence-corrected chi connectivity index (χ4v) is 14.8. The van der Waals surface area contributed by atoms with Crippen molar-refractivity contribution in [2.24, 2.45) is 0 Å². The van der Waals surface area contributed by atoms with E-state index in [4.69, 9.17) is 0 Å². The third-order valence-corrected chi connectivity index (χ3v) is 17.6. The van der Waals surface area contributed by atoms with Gasteiger partial charge in [0, 0.05) is 27.7 Å². The maximum absolute atomic E-state index is 2.59. The number of benzene rings is 13. The van der Waals surface area contributed by atoms with Crippen LogP contribution in [0.1, 0.15) is 44.5 Å². The van der Waals surface area contributed by atoms with E-state index in [9.17, 15) is 0 Å². The monoisotopic (exact) mass is 962 g/mol. The van der Waals surface area contributed by atoms with Gasteiger partial charge in [0.05, 0.1) is 33.2 Å². The van der Waals surface area contributed by atoms with Crippen LogP contribution < -0.4 is 4.90 Å². The Kier molecular flexibility index (Phi) is 8.44. The van der Waals surface area contributed by atoms with Crippen molar-refractivity contribution in [3.8, 4) is 27.9 Å². The molecule has 0 bridgehead atoms. The van der Waals surface area contributed by atoms with Crippen molar-refractivity contribution in [1.29, 1.82) is 0 Å². The Labute approximate surface area is 440 Å². The molecular weight excluding hydrogens is 917 g/mol. The largest absolute Gasteiger partial charge is 0.310 e. The molecule has 0 amide bonds. The maximum Gasteiger partial charge on any atom is 0.0755 e. The van der Waals surface area contributed by atoms with Crippen LogP contribution in [0.4, 0.5) is 17.1 Å². The minimum atomic E-state index is -0.617. The van der Waals surface area contributed by atoms with Crippen LogP contribution in [0, 0.1) is 0 Å². The molecule has 14 aromatic rings. The number of hydrogen-bond acceptors (Lipinski definition) is 1. The molecule has 17 rings (SSSR count). The van der Waals surface area contributed by atoms with Crippen molar-refractivity contribution in [2.75, 3.05) is 4.90 Å². The van der Waals surface area contributed by atoms with E-state index in [1.165, 1.54) is 127 Å². The fourth-order valence-electron chi connectivity index (χ4n) is 14.8. The maximum atomic E-state index is 2.59. The van der Waals surface area contributed by atoms with Gasteiger partial charge in [-0.2, -0.15) is 0 Å². The lowest BCUT2D eigenvalue weighted by Gasteiger charge is -2.40. The van der Waals surface area contributed by atoms with E-state index in [0.29, 0.717) is 0 Å². The van der Waals surface area contributed by atoms with Crippen LogP contribution in [-0.2, 0) is 10.8 Å². The number of rotatable bonds is 5. The van der Waals surface area contributed by atoms with Gasteiger partial charge in [-0.25, -0.2) is 0 Å². The SMILES string of the molecule is c1ccc(C2(c3ccccc3)c3ccccc3-c3c(N(c4ccc5c(c4)C4(c6ccccc6-5)c5ccccc5-n5c6ccccc6c6cccc4c65)c4ccc5c6ccccc6c6ccccc6c5c4)cccc32)cc1. The van der Waals surface area contributed by atoms with Crippen molar-refractivity contribution >= 4 is 71.2 Å². The summed E-state index contributed by atoms with van der Waals surface area (Å²) in [7, 11) is 0. The summed E-state index contributed by atoms with van der Waals surface area (Å²) >= 11 is 0. The normalized spacial score (nSPS) is 15.3. The lowest BCUT2D eigenvalue weighted by atomic mass is 9.65. The molecule has 1 aliphatic heterocycles. The first-order valence-electron chi connectivity index (χ1n) is 26.6. The Bertz CT molecular complexity index is 4700. The van der Waals surface area contributed by atoms with E-state index in [1.54, 1.807) is 0 Å². The first kappa shape index (κ1) is 41.7. The van der Waals surface area contributed by atoms with Crippen molar-refractivity contribution in [1.82, 2.24) is 4.57 Å². The highest BCUT2D eigenvalue weighted by molar-refractivity contribution is 6.26. The lowest BCUT2D eigenvalue weighted by Crippen LogP contribution is -2.33. The molecule has 0 saturated heterocycles. The molecule has 1 atom stereocenters. The van der Waals surface area contributed by atoms with Crippen molar-refractivity contribution in [2.45, 2.75) is 10.8 Å². The summed E-state index contributed by atoms with van der Waals surface area (Å²) in [6.07, 6.45) is 0. The zero-order valence-electron chi connectivity index (χ0n) is 41.5. The molecule has 352 valence electrons. The molecule has 2 nitrogen and oxygen atoms in total. The highest BCUT2D eigenvalue weighted by Crippen LogP contribution is 2.63. The van der Waals surface area contributed by atoms with Gasteiger partial charge in [-0.3, -0.25) is 0 Å². The van der Waals surface area contributed by atoms with Gasteiger partial charge in [0.25, 0.3) is 0 Å². The molecule has 2 aliphatic carbocycles. The topological polar surface area (TPSA) is 8.17 Å². The molecule has 1 spiro atoms. The summed E-state index contributed by atoms with van der Waals surface area (Å²) in [6.45, 7) is 0. The third kappa shape index (κ3) is 5.20. The second kappa shape index (κ2) is 15.4. The van der Waals surface area contributed by atoms with E-state index in [-0.39, 0.29) is 0 Å². The summed E-state index contributed by atoms with van der Waals surface area (Å²) in [4.78, 5) is 2.59. The zero-order valence-corrected chi connectivity index (χ0v) is 41.5. The smallest absolute Gasteiger partial charge is 0.0755 e. The van der Waals surface area contributed by atoms with Gasteiger partial charge < -0.3 is 9.47 Å². The van der Waals surface area contributed by atoms with Crippen LogP contribution >= 0.6 is 0 Å². The molecule has 76 heavy (non-hydrogen) atoms. The summed E-state index contributed by atoms with van der Waals surface area (Å²) in [6, 6.07) is 105. The quantitative estimate of drug-likeness (QED) is 0.156. The van der Waals surface area contributed by atoms with Gasteiger partial charge >= 0.3 is 0 Å². The number of para-hydroxylation sites is 3. The number of nitrogens with zero attached hydrogens (tertiary/aromatic N) is 2. The number of anilines is 3. The van der Waals surface area contributed by atoms with E-state index in [2.05, 4.69) is 289 Å². The van der Waals surface area contributed by atoms with Gasteiger partial charge in [0.2, 0.25) is 0 Å². The molecule has 13 aromatic carbocycles. The van der Waals surface area contributed by atoms with Crippen molar-refractivity contribution < 1.29 is 0 Å². The van der Waals surface area contributed by atoms with Crippen LogP contribution in [0.25, 0.3) is 82.1 Å². The molecule has 0 fully saturated rings. The van der Waals surface area contributed by atoms with Crippen molar-refractivity contribution in [3.63, 3.8) is 0 Å². The first-order chi connectivity index (χ1) is 37.7. The molecule has 2 heterocycles. The average molecular weight is 963 g/mol. The van der Waals surface area contributed by atoms with Crippen molar-refractivity contribution in [3.05, 3.63) is 324 Å². The minimum Gasteiger partial charge on any atom is -0.310 e. The second-order valence-corrected chi connectivity index (χ2v) is 21.0. The lowest BCUT2D eigenvalue weighted by molar-refractivity contribution is 0.748. The van der Waals surface area contributed by atoms with Crippen LogP contribution in [0.2, 0.25) is 0 Å². The van der Waals surface area contributed by atoms with Crippen LogP contribution in [0.5, 0.6) is 0 Å². The second-order valence-electron chi connectivity index (χ2n) is 21.0. The highest BCUT2D eigenvalue weighted by Gasteiger charge is 2.52. The van der Waals surface area contributed by atoms with Gasteiger partial charge in [0.1, 0.15) is 0 Å². The van der Waals surface area contributed by atoms with Gasteiger partial charge in [-0.15, -0.1) is 0 Å². The third-order valence-electron chi connectivity index (χ3n) is 17.6. The van der Waals surface area contributed by atoms with Crippen LogP contribution in [0.15, 0.2) is 279 Å². The molecule has 2 heteroatoms. The number of fused-ring (bicyclic) bond motifs is 21. The molecule has 0 radical (unpaired) electrons. The summed E-state index contributed by atoms with van der Waals surface area (Å²) in [5, 5.41) is 10.1.